The Kier molecular flexibility index (Phi) is 97.6. The molecule has 0 atom stereocenters. The summed E-state index contributed by atoms with van der Waals surface area (Å²) in [5, 5.41) is 61.3. The average Bonchev–Trinajstić information content (AvgIpc) is 1.87. The fourth-order valence-corrected chi connectivity index (χ4v) is 4.63. The van der Waals surface area contributed by atoms with Crippen LogP contribution in [0, 0.1) is 47.3 Å². The molecule has 36 heteroatoms. The van der Waals surface area contributed by atoms with Crippen LogP contribution in [-0.2, 0) is 0 Å². The fourth-order valence-electron chi connectivity index (χ4n) is 2.80. The summed E-state index contributed by atoms with van der Waals surface area (Å²) in [5.74, 6) is 8.94. The molecule has 31 nitrogen and oxygen atoms in total. The van der Waals surface area contributed by atoms with Crippen molar-refractivity contribution in [1.29, 1.82) is 0 Å². The van der Waals surface area contributed by atoms with Gasteiger partial charge in [0.05, 0.1) is 76.9 Å². The van der Waals surface area contributed by atoms with Crippen LogP contribution >= 0.6 is 58.1 Å². The quantitative estimate of drug-likeness (QED) is 0.171. The van der Waals surface area contributed by atoms with Crippen LogP contribution in [0.1, 0.15) is 268 Å². The van der Waals surface area contributed by atoms with Crippen LogP contribution in [0.3, 0.4) is 0 Å². The molecule has 0 aliphatic heterocycles. The summed E-state index contributed by atoms with van der Waals surface area (Å²) in [7, 11) is 0. The third-order valence-corrected chi connectivity index (χ3v) is 8.72. The van der Waals surface area contributed by atoms with E-state index in [9.17, 15) is 0 Å². The molecule has 12 heterocycles. The van der Waals surface area contributed by atoms with Gasteiger partial charge in [-0.25, -0.2) is 18.6 Å². The van der Waals surface area contributed by atoms with Crippen molar-refractivity contribution in [2.24, 2.45) is 47.3 Å². The van der Waals surface area contributed by atoms with Gasteiger partial charge >= 0.3 is 0 Å². The van der Waals surface area contributed by atoms with Gasteiger partial charge in [-0.2, -0.15) is 18.2 Å². The monoisotopic (exact) mass is 1550 g/mol. The van der Waals surface area contributed by atoms with Crippen LogP contribution in [0.25, 0.3) is 0 Å². The van der Waals surface area contributed by atoms with Crippen LogP contribution in [0.5, 0.6) is 0 Å². The molecule has 0 spiro atoms. The van der Waals surface area contributed by atoms with Gasteiger partial charge in [0.25, 0.3) is 5.89 Å². The number of H-pyrrole nitrogens is 1. The van der Waals surface area contributed by atoms with E-state index in [-0.39, 0.29) is 5.92 Å². The number of hydrogen-bond donors (Lipinski definition) is 1. The Labute approximate surface area is 642 Å². The third kappa shape index (κ3) is 141. The first-order valence-corrected chi connectivity index (χ1v) is 37.9. The van der Waals surface area contributed by atoms with E-state index < -0.39 is 0 Å². The minimum Gasteiger partial charge on any atom is -0.452 e. The van der Waals surface area contributed by atoms with Gasteiger partial charge in [0.1, 0.15) is 29.5 Å². The van der Waals surface area contributed by atoms with E-state index in [1.54, 1.807) is 49.4 Å². The number of aromatic amines is 1. The number of aromatic nitrogens is 25. The highest BCUT2D eigenvalue weighted by Crippen LogP contribution is 2.12. The molecule has 12 rings (SSSR count). The molecule has 1 N–H and O–H groups in total. The van der Waals surface area contributed by atoms with E-state index in [4.69, 9.17) is 0 Å². The summed E-state index contributed by atoms with van der Waals surface area (Å²) in [6, 6.07) is 5.46. The van der Waals surface area contributed by atoms with Crippen molar-refractivity contribution in [3.8, 4) is 0 Å². The SMILES string of the molecule is CC(C)C.CC(C)C.CC(C)C.CC(C)C.CC(C)C.CC(C)C.CC(C)C.CC(C)C.CC(C)c1cnon1.CC(C)c1cnsn1.CC(C)c1nnno1.CC(C)c1nnns1.c1cn[nH]c1.c1cnoc1.c1cnsc1.c1cocn1.c1conn1.c1csnn1.c1nnon1.c1nnsn1. The van der Waals surface area contributed by atoms with Crippen molar-refractivity contribution >= 4 is 58.1 Å². The molecule has 0 unspecified atom stereocenters. The van der Waals surface area contributed by atoms with Gasteiger partial charge in [-0.1, -0.05) is 261 Å². The van der Waals surface area contributed by atoms with Crippen molar-refractivity contribution < 1.29 is 27.2 Å². The Morgan fingerprint density at radius 3 is 1.15 bits per heavy atom. The van der Waals surface area contributed by atoms with Crippen molar-refractivity contribution in [2.75, 3.05) is 0 Å². The smallest absolute Gasteiger partial charge is 0.250 e. The molecule has 592 valence electrons. The first kappa shape index (κ1) is 112. The van der Waals surface area contributed by atoms with E-state index in [1.807, 2.05) is 56.8 Å². The molecular formula is C68H129N25O6S5. The summed E-state index contributed by atoms with van der Waals surface area (Å²) >= 11 is 6.54. The summed E-state index contributed by atoms with van der Waals surface area (Å²) in [6.07, 6.45) is 23.4. The van der Waals surface area contributed by atoms with Gasteiger partial charge in [0.2, 0.25) is 0 Å². The molecule has 0 saturated heterocycles. The van der Waals surface area contributed by atoms with Gasteiger partial charge in [0, 0.05) is 63.9 Å². The lowest BCUT2D eigenvalue weighted by molar-refractivity contribution is 0.292. The number of nitrogens with one attached hydrogen (secondary N) is 1. The lowest BCUT2D eigenvalue weighted by Crippen LogP contribution is -1.85. The number of rotatable bonds is 4. The standard InChI is InChI=1S/C5H8N2O.C5H8N2S.C4H7N3O.C4H7N3S.8C4H10.C3H4N2.2C3H3NO.C3H3NS.C2H2N2O.C2H2N2S.CHN3O.CHN3S/c2*1-4(2)5-3-6-8-7-5;2*1-3(2)4-5-6-7-8-4;8*1-4(2)3;1-2-4-5-3-1;1-2-5-3-4-1;2*1-2-4-5-3-1;2*1-2-5-4-3-1;2*1-2-4-5-3-1/h2*3-4H,1-2H3;2*3H,1-2H3;8*4H,1-3H3;1-3H,(H,4,5);3*1-3H;2*1-2H;2*1H. The maximum absolute atomic E-state index is 4.62. The highest BCUT2D eigenvalue weighted by atomic mass is 32.1. The molecule has 0 saturated carbocycles. The molecule has 0 amide bonds. The topological polar surface area (TPSA) is 404 Å². The Morgan fingerprint density at radius 2 is 1.00 bits per heavy atom. The Balaban J connectivity index is -0.000000156. The zero-order chi connectivity index (χ0) is 80.8. The van der Waals surface area contributed by atoms with Gasteiger partial charge in [0.15, 0.2) is 19.0 Å². The fraction of sp³-hybridized carbons (Fsp3) is 0.647. The molecule has 0 aliphatic rings. The highest BCUT2D eigenvalue weighted by Gasteiger charge is 2.04. The van der Waals surface area contributed by atoms with Gasteiger partial charge < -0.3 is 18.0 Å². The molecule has 0 fully saturated rings. The molecule has 12 aromatic rings. The van der Waals surface area contributed by atoms with Crippen molar-refractivity contribution in [3.05, 3.63) is 145 Å². The van der Waals surface area contributed by atoms with Crippen molar-refractivity contribution in [2.45, 2.75) is 245 Å². The van der Waals surface area contributed by atoms with Crippen LogP contribution in [0.2, 0.25) is 0 Å². The Hall–Kier alpha value is -8.22. The predicted molar refractivity (Wildman–Crippen MR) is 422 cm³/mol. The zero-order valence-corrected chi connectivity index (χ0v) is 72.3. The number of nitrogens with zero attached hydrogens (tertiary/aromatic N) is 24. The molecule has 0 aliphatic carbocycles. The molecule has 0 aromatic carbocycles. The second-order valence-corrected chi connectivity index (χ2v) is 29.7. The maximum atomic E-state index is 4.62. The first-order chi connectivity index (χ1) is 49.1. The van der Waals surface area contributed by atoms with Crippen LogP contribution in [0.4, 0.5) is 0 Å². The highest BCUT2D eigenvalue weighted by molar-refractivity contribution is 7.05. The van der Waals surface area contributed by atoms with E-state index in [1.165, 1.54) is 90.4 Å². The van der Waals surface area contributed by atoms with Crippen LogP contribution in [0.15, 0.2) is 150 Å². The second kappa shape index (κ2) is 90.9. The summed E-state index contributed by atoms with van der Waals surface area (Å²) in [5.41, 5.74) is 2.00. The molecule has 0 bridgehead atoms. The molecule has 12 aromatic heterocycles. The summed E-state index contributed by atoms with van der Waals surface area (Å²) < 4.78 is 51.8. The van der Waals surface area contributed by atoms with Crippen LogP contribution in [-0.4, -0.2) is 124 Å². The van der Waals surface area contributed by atoms with E-state index >= 15 is 0 Å². The number of hydrogen-bond acceptors (Lipinski definition) is 35. The molecule has 0 radical (unpaired) electrons. The van der Waals surface area contributed by atoms with Gasteiger partial charge in [-0.3, -0.25) is 5.10 Å². The minimum absolute atomic E-state index is 0.282. The van der Waals surface area contributed by atoms with Crippen molar-refractivity contribution in [1.82, 2.24) is 124 Å². The van der Waals surface area contributed by atoms with Crippen LogP contribution < -0.4 is 0 Å². The average molecular weight is 1550 g/mol. The molecule has 104 heavy (non-hydrogen) atoms. The van der Waals surface area contributed by atoms with E-state index in [0.29, 0.717) is 23.6 Å². The van der Waals surface area contributed by atoms with E-state index in [2.05, 4.69) is 345 Å². The lowest BCUT2D eigenvalue weighted by Gasteiger charge is -1.92. The maximum Gasteiger partial charge on any atom is 0.250 e. The Bertz CT molecular complexity index is 2280. The third-order valence-electron chi connectivity index (χ3n) is 6.03. The first-order valence-electron chi connectivity index (χ1n) is 33.9. The van der Waals surface area contributed by atoms with Crippen molar-refractivity contribution in [3.63, 3.8) is 0 Å². The Morgan fingerprint density at radius 1 is 0.394 bits per heavy atom. The predicted octanol–water partition coefficient (Wildman–Crippen LogP) is 20.7. The van der Waals surface area contributed by atoms with Gasteiger partial charge in [-0.05, 0) is 110 Å². The lowest BCUT2D eigenvalue weighted by atomic mass is 10.2. The normalized spacial score (nSPS) is 9.04. The summed E-state index contributed by atoms with van der Waals surface area (Å²) in [6.45, 7) is 68.4. The number of oxazole rings is 1. The zero-order valence-electron chi connectivity index (χ0n) is 68.2. The largest absolute Gasteiger partial charge is 0.452 e. The van der Waals surface area contributed by atoms with Gasteiger partial charge in [-0.15, -0.1) is 20.4 Å². The minimum atomic E-state index is 0.282. The summed E-state index contributed by atoms with van der Waals surface area (Å²) in [4.78, 5) is 3.56. The van der Waals surface area contributed by atoms with E-state index in [0.717, 1.165) is 75.5 Å². The second-order valence-electron chi connectivity index (χ2n) is 26.5. The molecular weight excluding hydrogens is 1420 g/mol.